The predicted molar refractivity (Wildman–Crippen MR) is 207 cm³/mol. The maximum atomic E-state index is 12.3. The second-order valence-electron chi connectivity index (χ2n) is 13.7. The third kappa shape index (κ3) is 5.02. The first-order valence-electron chi connectivity index (χ1n) is 17.0. The molecule has 0 spiro atoms. The summed E-state index contributed by atoms with van der Waals surface area (Å²) < 4.78 is 42.1. The van der Waals surface area contributed by atoms with Crippen LogP contribution in [0, 0.1) is 0 Å². The Morgan fingerprint density at radius 2 is 1.27 bits per heavy atom. The standard InChI is InChI=1S/C44H33N3O4S/c1-44(2)35-17-11-10-16-31(35)32-24-34-33-22-29(30-19-21-40(51-3)41(23-30)52(48,49)50)18-20-38(33)47(39(34)25-36(32)44)42-26-37(27-12-6-4-7-13-27)45-43(46-42)28-14-8-5-9-15-28/h4-26H,1-3H3,(H,48,49,50). The molecule has 7 nitrogen and oxygen atoms in total. The van der Waals surface area contributed by atoms with Gasteiger partial charge in [-0.15, -0.1) is 0 Å². The Labute approximate surface area is 301 Å². The van der Waals surface area contributed by atoms with Crippen molar-refractivity contribution in [3.63, 3.8) is 0 Å². The Bertz CT molecular complexity index is 2770. The summed E-state index contributed by atoms with van der Waals surface area (Å²) in [6, 6.07) is 46.3. The second kappa shape index (κ2) is 11.7. The van der Waals surface area contributed by atoms with E-state index in [1.807, 2.05) is 60.7 Å². The summed E-state index contributed by atoms with van der Waals surface area (Å²) in [4.78, 5) is 9.98. The van der Waals surface area contributed by atoms with Crippen molar-refractivity contribution >= 4 is 31.9 Å². The van der Waals surface area contributed by atoms with Crippen molar-refractivity contribution in [3.8, 4) is 56.5 Å². The molecule has 8 aromatic rings. The number of nitrogens with zero attached hydrogens (tertiary/aromatic N) is 3. The van der Waals surface area contributed by atoms with Crippen LogP contribution in [0.25, 0.3) is 72.5 Å². The topological polar surface area (TPSA) is 94.3 Å². The van der Waals surface area contributed by atoms with Gasteiger partial charge in [0, 0.05) is 33.4 Å². The van der Waals surface area contributed by atoms with Gasteiger partial charge in [-0.05, 0) is 69.8 Å². The minimum Gasteiger partial charge on any atom is -0.495 e. The molecule has 1 aliphatic rings. The van der Waals surface area contributed by atoms with E-state index in [-0.39, 0.29) is 16.1 Å². The average molecular weight is 700 g/mol. The Balaban J connectivity index is 1.36. The Kier molecular flexibility index (Phi) is 7.19. The maximum absolute atomic E-state index is 12.3. The van der Waals surface area contributed by atoms with Crippen LogP contribution in [0.4, 0.5) is 0 Å². The molecule has 0 bridgehead atoms. The molecule has 9 rings (SSSR count). The van der Waals surface area contributed by atoms with Crippen LogP contribution in [0.5, 0.6) is 5.75 Å². The van der Waals surface area contributed by atoms with Crippen molar-refractivity contribution in [2.45, 2.75) is 24.2 Å². The number of methoxy groups -OCH3 is 1. The zero-order valence-electron chi connectivity index (χ0n) is 28.7. The van der Waals surface area contributed by atoms with Crippen molar-refractivity contribution in [2.75, 3.05) is 7.11 Å². The molecule has 8 heteroatoms. The smallest absolute Gasteiger partial charge is 0.298 e. The van der Waals surface area contributed by atoms with E-state index in [1.54, 1.807) is 12.1 Å². The quantitative estimate of drug-likeness (QED) is 0.174. The summed E-state index contributed by atoms with van der Waals surface area (Å²) in [5, 5.41) is 2.01. The van der Waals surface area contributed by atoms with Crippen molar-refractivity contribution in [1.82, 2.24) is 14.5 Å². The lowest BCUT2D eigenvalue weighted by molar-refractivity contribution is 0.397. The highest BCUT2D eigenvalue weighted by Crippen LogP contribution is 2.51. The van der Waals surface area contributed by atoms with Gasteiger partial charge in [0.15, 0.2) is 5.82 Å². The van der Waals surface area contributed by atoms with E-state index in [2.05, 4.69) is 79.1 Å². The zero-order chi connectivity index (χ0) is 35.8. The highest BCUT2D eigenvalue weighted by atomic mass is 32.2. The van der Waals surface area contributed by atoms with Crippen molar-refractivity contribution < 1.29 is 17.7 Å². The molecule has 0 aliphatic heterocycles. The van der Waals surface area contributed by atoms with Gasteiger partial charge in [-0.25, -0.2) is 9.97 Å². The normalized spacial score (nSPS) is 13.3. The van der Waals surface area contributed by atoms with Crippen LogP contribution >= 0.6 is 0 Å². The number of hydrogen-bond acceptors (Lipinski definition) is 5. The van der Waals surface area contributed by atoms with Gasteiger partial charge >= 0.3 is 0 Å². The van der Waals surface area contributed by atoms with Crippen LogP contribution in [-0.2, 0) is 15.5 Å². The SMILES string of the molecule is COc1ccc(-c2ccc3c(c2)c2cc4c(cc2n3-c2cc(-c3ccccc3)nc(-c3ccccc3)n2)C(C)(C)c2ccccc2-4)cc1S(=O)(=O)O. The second-order valence-corrected chi connectivity index (χ2v) is 15.1. The predicted octanol–water partition coefficient (Wildman–Crippen LogP) is 10.1. The molecule has 1 aliphatic carbocycles. The molecule has 0 atom stereocenters. The van der Waals surface area contributed by atoms with E-state index >= 15 is 0 Å². The van der Waals surface area contributed by atoms with E-state index < -0.39 is 10.1 Å². The Morgan fingerprint density at radius 3 is 2.00 bits per heavy atom. The van der Waals surface area contributed by atoms with Gasteiger partial charge in [0.1, 0.15) is 16.5 Å². The van der Waals surface area contributed by atoms with Crippen LogP contribution in [0.15, 0.2) is 144 Å². The zero-order valence-corrected chi connectivity index (χ0v) is 29.5. The largest absolute Gasteiger partial charge is 0.495 e. The lowest BCUT2D eigenvalue weighted by atomic mass is 9.82. The van der Waals surface area contributed by atoms with Crippen LogP contribution in [0.3, 0.4) is 0 Å². The monoisotopic (exact) mass is 699 g/mol. The van der Waals surface area contributed by atoms with Gasteiger partial charge in [0.25, 0.3) is 10.1 Å². The molecular formula is C44H33N3O4S. The molecule has 0 radical (unpaired) electrons. The Morgan fingerprint density at radius 1 is 0.615 bits per heavy atom. The lowest BCUT2D eigenvalue weighted by Crippen LogP contribution is -2.15. The van der Waals surface area contributed by atoms with Crippen LogP contribution in [0.2, 0.25) is 0 Å². The van der Waals surface area contributed by atoms with E-state index in [9.17, 15) is 13.0 Å². The first-order valence-corrected chi connectivity index (χ1v) is 18.4. The van der Waals surface area contributed by atoms with Gasteiger partial charge in [-0.1, -0.05) is 111 Å². The third-order valence-electron chi connectivity index (χ3n) is 10.3. The van der Waals surface area contributed by atoms with E-state index in [4.69, 9.17) is 14.7 Å². The number of fused-ring (bicyclic) bond motifs is 6. The maximum Gasteiger partial charge on any atom is 0.298 e. The number of ether oxygens (including phenoxy) is 1. The summed E-state index contributed by atoms with van der Waals surface area (Å²) in [5.74, 6) is 1.42. The molecular weight excluding hydrogens is 667 g/mol. The number of hydrogen-bond donors (Lipinski definition) is 1. The lowest BCUT2D eigenvalue weighted by Gasteiger charge is -2.21. The summed E-state index contributed by atoms with van der Waals surface area (Å²) >= 11 is 0. The van der Waals surface area contributed by atoms with E-state index in [0.29, 0.717) is 11.4 Å². The fourth-order valence-electron chi connectivity index (χ4n) is 7.72. The summed E-state index contributed by atoms with van der Waals surface area (Å²) in [5.41, 5.74) is 10.8. The van der Waals surface area contributed by atoms with Gasteiger partial charge < -0.3 is 4.74 Å². The molecule has 0 saturated heterocycles. The van der Waals surface area contributed by atoms with Crippen LogP contribution in [0.1, 0.15) is 25.0 Å². The summed E-state index contributed by atoms with van der Waals surface area (Å²) in [6.07, 6.45) is 0. The molecule has 2 aromatic heterocycles. The van der Waals surface area contributed by atoms with Crippen LogP contribution < -0.4 is 4.74 Å². The molecule has 0 fully saturated rings. The molecule has 2 heterocycles. The fraction of sp³-hybridized carbons (Fsp3) is 0.0909. The van der Waals surface area contributed by atoms with Crippen LogP contribution in [-0.4, -0.2) is 34.6 Å². The highest BCUT2D eigenvalue weighted by molar-refractivity contribution is 7.86. The molecule has 52 heavy (non-hydrogen) atoms. The van der Waals surface area contributed by atoms with E-state index in [1.165, 1.54) is 35.4 Å². The Hall–Kier alpha value is -6.09. The molecule has 0 amide bonds. The summed E-state index contributed by atoms with van der Waals surface area (Å²) in [7, 11) is -3.15. The number of rotatable bonds is 6. The van der Waals surface area contributed by atoms with Crippen molar-refractivity contribution in [1.29, 1.82) is 0 Å². The number of benzene rings is 6. The fourth-order valence-corrected chi connectivity index (χ4v) is 8.40. The van der Waals surface area contributed by atoms with Crippen molar-refractivity contribution in [2.24, 2.45) is 0 Å². The van der Waals surface area contributed by atoms with Gasteiger partial charge in [-0.2, -0.15) is 8.42 Å². The van der Waals surface area contributed by atoms with E-state index in [0.717, 1.165) is 50.0 Å². The van der Waals surface area contributed by atoms with Gasteiger partial charge in [0.2, 0.25) is 0 Å². The molecule has 0 unspecified atom stereocenters. The van der Waals surface area contributed by atoms with Gasteiger partial charge in [0.05, 0.1) is 23.8 Å². The molecule has 0 saturated carbocycles. The highest BCUT2D eigenvalue weighted by Gasteiger charge is 2.36. The first-order chi connectivity index (χ1) is 25.1. The summed E-state index contributed by atoms with van der Waals surface area (Å²) in [6.45, 7) is 4.55. The molecule has 1 N–H and O–H groups in total. The minimum absolute atomic E-state index is 0.0768. The minimum atomic E-state index is -4.53. The molecule has 6 aromatic carbocycles. The first kappa shape index (κ1) is 31.9. The van der Waals surface area contributed by atoms with Crippen molar-refractivity contribution in [3.05, 3.63) is 151 Å². The molecule has 254 valence electrons. The van der Waals surface area contributed by atoms with Gasteiger partial charge in [-0.3, -0.25) is 9.12 Å². The average Bonchev–Trinajstić information content (AvgIpc) is 3.61. The number of aromatic nitrogens is 3. The third-order valence-corrected chi connectivity index (χ3v) is 11.2.